The summed E-state index contributed by atoms with van der Waals surface area (Å²) in [7, 11) is 0. The summed E-state index contributed by atoms with van der Waals surface area (Å²) in [6.45, 7) is 17.8. The van der Waals surface area contributed by atoms with Crippen LogP contribution < -0.4 is 0 Å². The lowest BCUT2D eigenvalue weighted by Crippen LogP contribution is -2.55. The van der Waals surface area contributed by atoms with Gasteiger partial charge in [-0.15, -0.1) is 0 Å². The van der Waals surface area contributed by atoms with E-state index in [0.717, 1.165) is 18.3 Å². The predicted octanol–water partition coefficient (Wildman–Crippen LogP) is 6.23. The first-order valence-electron chi connectivity index (χ1n) is 10.9. The molecule has 0 N–H and O–H groups in total. The largest absolute Gasteiger partial charge is 0.458 e. The van der Waals surface area contributed by atoms with Crippen molar-refractivity contribution < 1.29 is 9.53 Å². The molecule has 7 atom stereocenters. The van der Waals surface area contributed by atoms with Crippen LogP contribution in [0, 0.1) is 45.3 Å². The molecule has 0 aliphatic heterocycles. The maximum atomic E-state index is 13.7. The lowest BCUT2D eigenvalue weighted by molar-refractivity contribution is -0.198. The van der Waals surface area contributed by atoms with Gasteiger partial charge in [0, 0.05) is 5.92 Å². The first-order chi connectivity index (χ1) is 11.7. The molecule has 4 rings (SSSR count). The second-order valence-electron chi connectivity index (χ2n) is 13.1. The minimum Gasteiger partial charge on any atom is -0.458 e. The van der Waals surface area contributed by atoms with E-state index in [0.29, 0.717) is 17.3 Å². The number of hydrogen-bond acceptors (Lipinski definition) is 2. The number of carbonyl (C=O) groups is 1. The van der Waals surface area contributed by atoms with Crippen molar-refractivity contribution >= 4 is 5.97 Å². The first-order valence-corrected chi connectivity index (χ1v) is 10.9. The summed E-state index contributed by atoms with van der Waals surface area (Å²) >= 11 is 0. The van der Waals surface area contributed by atoms with Gasteiger partial charge in [0.15, 0.2) is 0 Å². The molecular formula is C24H40O2. The Morgan fingerprint density at radius 1 is 0.962 bits per heavy atom. The molecule has 4 aliphatic carbocycles. The van der Waals surface area contributed by atoms with Crippen LogP contribution in [0.15, 0.2) is 0 Å². The third-order valence-electron chi connectivity index (χ3n) is 9.36. The molecule has 0 radical (unpaired) electrons. The topological polar surface area (TPSA) is 26.3 Å². The molecule has 0 saturated heterocycles. The molecule has 3 bridgehead atoms. The van der Waals surface area contributed by atoms with Crippen LogP contribution in [0.4, 0.5) is 0 Å². The lowest BCUT2D eigenvalue weighted by atomic mass is 9.54. The van der Waals surface area contributed by atoms with Gasteiger partial charge in [0.1, 0.15) is 5.60 Å². The van der Waals surface area contributed by atoms with Crippen LogP contribution in [0.5, 0.6) is 0 Å². The standard InChI is InChI=1S/C24H40O2/c1-20(2,3)14-22(7,21(4,5)6)19(25)26-23(8)17-10-15-9-16-11-18(23)24(16,12-15)13-17/h15-18H,9-14H2,1-8H3. The van der Waals surface area contributed by atoms with E-state index < -0.39 is 5.41 Å². The third kappa shape index (κ3) is 2.32. The van der Waals surface area contributed by atoms with Crippen LogP contribution in [0.2, 0.25) is 0 Å². The Hall–Kier alpha value is -0.530. The molecule has 26 heavy (non-hydrogen) atoms. The zero-order valence-corrected chi connectivity index (χ0v) is 18.4. The number of hydrogen-bond donors (Lipinski definition) is 0. The van der Waals surface area contributed by atoms with Crippen molar-refractivity contribution in [3.05, 3.63) is 0 Å². The van der Waals surface area contributed by atoms with Crippen LogP contribution in [0.25, 0.3) is 0 Å². The summed E-state index contributed by atoms with van der Waals surface area (Å²) in [5.41, 5.74) is -0.129. The van der Waals surface area contributed by atoms with Gasteiger partial charge in [0.25, 0.3) is 0 Å². The Bertz CT molecular complexity index is 623. The van der Waals surface area contributed by atoms with Crippen molar-refractivity contribution in [3.63, 3.8) is 0 Å². The van der Waals surface area contributed by atoms with Crippen molar-refractivity contribution in [2.45, 2.75) is 99.5 Å². The average Bonchev–Trinajstić information content (AvgIpc) is 2.71. The molecule has 1 spiro atoms. The van der Waals surface area contributed by atoms with Crippen molar-refractivity contribution in [2.24, 2.45) is 45.3 Å². The number of carbonyl (C=O) groups excluding carboxylic acids is 1. The number of esters is 1. The molecule has 4 saturated carbocycles. The van der Waals surface area contributed by atoms with Crippen molar-refractivity contribution in [1.29, 1.82) is 0 Å². The summed E-state index contributed by atoms with van der Waals surface area (Å²) in [4.78, 5) is 13.7. The van der Waals surface area contributed by atoms with Crippen LogP contribution in [0.1, 0.15) is 93.9 Å². The molecule has 2 nitrogen and oxygen atoms in total. The number of ether oxygens (including phenoxy) is 1. The highest BCUT2D eigenvalue weighted by Crippen LogP contribution is 2.78. The minimum atomic E-state index is -0.454. The van der Waals surface area contributed by atoms with Gasteiger partial charge in [-0.3, -0.25) is 4.79 Å². The Balaban J connectivity index is 1.61. The van der Waals surface area contributed by atoms with Crippen LogP contribution in [-0.4, -0.2) is 11.6 Å². The van der Waals surface area contributed by atoms with E-state index in [2.05, 4.69) is 55.4 Å². The molecule has 7 unspecified atom stereocenters. The SMILES string of the molecule is CC(C)(C)CC(C)(C(=O)OC1(C)C2CC3CC4CC1C4(C3)C2)C(C)(C)C. The predicted molar refractivity (Wildman–Crippen MR) is 106 cm³/mol. The van der Waals surface area contributed by atoms with Gasteiger partial charge in [-0.2, -0.15) is 0 Å². The smallest absolute Gasteiger partial charge is 0.312 e. The maximum Gasteiger partial charge on any atom is 0.312 e. The molecule has 0 heterocycles. The Morgan fingerprint density at radius 3 is 2.15 bits per heavy atom. The normalized spacial score (nSPS) is 45.8. The van der Waals surface area contributed by atoms with Gasteiger partial charge in [-0.05, 0) is 86.4 Å². The summed E-state index contributed by atoms with van der Waals surface area (Å²) in [6, 6.07) is 0. The van der Waals surface area contributed by atoms with E-state index >= 15 is 0 Å². The first kappa shape index (κ1) is 18.8. The molecule has 2 heteroatoms. The second kappa shape index (κ2) is 5.09. The average molecular weight is 361 g/mol. The minimum absolute atomic E-state index is 0.0608. The highest BCUT2D eigenvalue weighted by molar-refractivity contribution is 5.78. The van der Waals surface area contributed by atoms with Gasteiger partial charge in [-0.1, -0.05) is 41.5 Å². The Labute approximate surface area is 160 Å². The molecule has 0 aromatic carbocycles. The van der Waals surface area contributed by atoms with E-state index in [1.54, 1.807) is 0 Å². The van der Waals surface area contributed by atoms with Gasteiger partial charge in [-0.25, -0.2) is 0 Å². The quantitative estimate of drug-likeness (QED) is 0.557. The number of rotatable bonds is 3. The van der Waals surface area contributed by atoms with E-state index in [1.165, 1.54) is 32.1 Å². The van der Waals surface area contributed by atoms with Gasteiger partial charge in [0.2, 0.25) is 0 Å². The molecular weight excluding hydrogens is 320 g/mol. The van der Waals surface area contributed by atoms with E-state index in [4.69, 9.17) is 4.74 Å². The maximum absolute atomic E-state index is 13.7. The molecule has 4 fully saturated rings. The third-order valence-corrected chi connectivity index (χ3v) is 9.36. The molecule has 0 aromatic rings. The molecule has 0 aromatic heterocycles. The molecule has 0 amide bonds. The zero-order chi connectivity index (χ0) is 19.3. The van der Waals surface area contributed by atoms with Crippen molar-refractivity contribution in [1.82, 2.24) is 0 Å². The van der Waals surface area contributed by atoms with Crippen molar-refractivity contribution in [3.8, 4) is 0 Å². The lowest BCUT2D eigenvalue weighted by Gasteiger charge is -2.54. The second-order valence-corrected chi connectivity index (χ2v) is 13.1. The Morgan fingerprint density at radius 2 is 1.58 bits per heavy atom. The van der Waals surface area contributed by atoms with E-state index in [1.807, 2.05) is 0 Å². The monoisotopic (exact) mass is 360 g/mol. The molecule has 4 aliphatic rings. The van der Waals surface area contributed by atoms with Crippen molar-refractivity contribution in [2.75, 3.05) is 0 Å². The van der Waals surface area contributed by atoms with Crippen LogP contribution in [0.3, 0.4) is 0 Å². The van der Waals surface area contributed by atoms with Crippen LogP contribution >= 0.6 is 0 Å². The van der Waals surface area contributed by atoms with E-state index in [-0.39, 0.29) is 22.4 Å². The van der Waals surface area contributed by atoms with Gasteiger partial charge in [0.05, 0.1) is 5.41 Å². The summed E-state index contributed by atoms with van der Waals surface area (Å²) < 4.78 is 6.61. The summed E-state index contributed by atoms with van der Waals surface area (Å²) in [5, 5.41) is 0. The fourth-order valence-corrected chi connectivity index (χ4v) is 7.75. The van der Waals surface area contributed by atoms with Gasteiger partial charge < -0.3 is 4.74 Å². The van der Waals surface area contributed by atoms with E-state index in [9.17, 15) is 4.79 Å². The Kier molecular flexibility index (Phi) is 3.68. The van der Waals surface area contributed by atoms with Crippen LogP contribution in [-0.2, 0) is 9.53 Å². The highest BCUT2D eigenvalue weighted by Gasteiger charge is 2.75. The zero-order valence-electron chi connectivity index (χ0n) is 18.4. The number of fused-ring (bicyclic) bond motifs is 2. The summed E-state index contributed by atoms with van der Waals surface area (Å²) in [6.07, 6.45) is 7.68. The fourth-order valence-electron chi connectivity index (χ4n) is 7.75. The highest BCUT2D eigenvalue weighted by atomic mass is 16.6. The molecule has 148 valence electrons. The summed E-state index contributed by atoms with van der Waals surface area (Å²) in [5.74, 6) is 3.13. The fraction of sp³-hybridized carbons (Fsp3) is 0.958. The van der Waals surface area contributed by atoms with Gasteiger partial charge >= 0.3 is 5.97 Å².